The molecule has 0 aliphatic heterocycles. The first-order chi connectivity index (χ1) is 67.6. The minimum atomic E-state index is -0.653. The SMILES string of the molecule is C.C.CC(C)(C)CCCCCCc1c(O)c(O)cc(O)c1CCCCCCC1(C(=O)O)CC1.CC1(CCCCc2cccc(O)c2CCCCC2(C(=O)O)CC2)CC1.Cc1cc(C)c(CCCCCCC(C)(C)C)c(CCCCCCC2(C(=O)O)CC2)c1C.Cc1cc(C)c(CCCCCCC2(C(=O)O)CC2)c(CCCCCCC(C)(C)C)c1C.Cc1cccc(CCCCC2(C)CC2)c1CCCCC1(C(=O)O)CC1. The van der Waals surface area contributed by atoms with E-state index in [4.69, 9.17) is 0 Å². The van der Waals surface area contributed by atoms with Gasteiger partial charge in [0.2, 0.25) is 0 Å². The Morgan fingerprint density at radius 1 is 0.241 bits per heavy atom. The number of carboxylic acid groups (broad SMARTS) is 5. The average Bonchev–Trinajstić information content (AvgIpc) is 1.68. The van der Waals surface area contributed by atoms with Crippen LogP contribution in [0, 0.1) is 103 Å². The third kappa shape index (κ3) is 43.9. The van der Waals surface area contributed by atoms with Gasteiger partial charge in [-0.3, -0.25) is 24.0 Å². The van der Waals surface area contributed by atoms with E-state index in [1.807, 2.05) is 6.07 Å². The van der Waals surface area contributed by atoms with Crippen LogP contribution in [0.25, 0.3) is 0 Å². The molecule has 0 heterocycles. The summed E-state index contributed by atoms with van der Waals surface area (Å²) < 4.78 is 0. The summed E-state index contributed by atoms with van der Waals surface area (Å²) in [7, 11) is 0. The van der Waals surface area contributed by atoms with Gasteiger partial charge in [0.25, 0.3) is 0 Å². The topological polar surface area (TPSA) is 267 Å². The molecule has 14 nitrogen and oxygen atoms in total. The summed E-state index contributed by atoms with van der Waals surface area (Å²) in [6.45, 7) is 41.6. The predicted octanol–water partition coefficient (Wildman–Crippen LogP) is 36.6. The molecule has 7 aliphatic rings. The molecule has 7 saturated carbocycles. The third-order valence-corrected chi connectivity index (χ3v) is 35.0. The first-order valence-corrected chi connectivity index (χ1v) is 58.0. The summed E-state index contributed by atoms with van der Waals surface area (Å²) in [4.78, 5) is 56.4. The van der Waals surface area contributed by atoms with Crippen LogP contribution in [0.2, 0.25) is 0 Å². The number of benzene rings is 5. The molecule has 7 fully saturated rings. The van der Waals surface area contributed by atoms with Crippen LogP contribution in [0.1, 0.15) is 545 Å². The summed E-state index contributed by atoms with van der Waals surface area (Å²) in [5, 5.41) is 87.4. The van der Waals surface area contributed by atoms with Gasteiger partial charge in [-0.15, -0.1) is 0 Å². The van der Waals surface area contributed by atoms with E-state index < -0.39 is 40.7 Å². The second-order valence-corrected chi connectivity index (χ2v) is 51.6. The molecular weight excluding hydrogens is 1800 g/mol. The maximum atomic E-state index is 11.3. The van der Waals surface area contributed by atoms with Crippen LogP contribution in [0.3, 0.4) is 0 Å². The Kier molecular flexibility index (Phi) is 51.8. The van der Waals surface area contributed by atoms with E-state index in [0.29, 0.717) is 51.2 Å². The normalized spacial score (nSPS) is 16.5. The van der Waals surface area contributed by atoms with Gasteiger partial charge >= 0.3 is 29.8 Å². The third-order valence-electron chi connectivity index (χ3n) is 35.0. The zero-order valence-corrected chi connectivity index (χ0v) is 93.9. The standard InChI is InChI=1S/2C29H48O2.C26H42O5.C23H34O2.C22H32O3.2CH4/c1-22-21-23(2)25(15-11-8-10-14-18-29(19-20-29)27(30)31)26(24(22)3)16-12-7-9-13-17-28(4,5)6;1-22-21-23(2)25(15-11-7-9-13-17-28(4,5)6)26(24(22)3)16-12-8-10-14-18-29(19-20-29)27(30)31;1-25(2,3)14-10-6-4-9-13-20-19(21(27)18-22(28)23(20)29)12-8-5-7-11-15-26(16-17-26)24(30)31;1-18-8-7-10-19(9-3-5-12-22(2)14-15-22)20(18)11-4-6-13-23(16-17-23)21(24)25;1-21(13-14-21)11-4-2-7-17-8-6-10-19(23)18(17)9-3-5-12-22(15-16-22)20(24)25;;/h2*21H,7-20H2,1-6H3,(H,30,31);18,27-29H,4-17H2,1-3H3,(H,30,31);7-8,10H,3-6,9,11-17H2,1-2H3,(H,24,25);6,8,10,23H,2-5,7,9,11-16H2,1H3,(H,24,25);2*1H4. The van der Waals surface area contributed by atoms with Gasteiger partial charge in [-0.25, -0.2) is 0 Å². The smallest absolute Gasteiger partial charge is 0.309 e. The first kappa shape index (κ1) is 126. The van der Waals surface area contributed by atoms with E-state index in [-0.39, 0.29) is 48.3 Å². The number of aryl methyl sites for hydroxylation is 7. The van der Waals surface area contributed by atoms with Gasteiger partial charge in [-0.2, -0.15) is 0 Å². The van der Waals surface area contributed by atoms with Crippen LogP contribution in [0.5, 0.6) is 23.0 Å². The van der Waals surface area contributed by atoms with Gasteiger partial charge in [0.15, 0.2) is 11.5 Å². The number of aromatic hydroxyl groups is 4. The van der Waals surface area contributed by atoms with Crippen molar-refractivity contribution in [2.75, 3.05) is 0 Å². The van der Waals surface area contributed by atoms with Gasteiger partial charge in [0.1, 0.15) is 11.5 Å². The van der Waals surface area contributed by atoms with Crippen molar-refractivity contribution in [3.63, 3.8) is 0 Å². The van der Waals surface area contributed by atoms with Gasteiger partial charge in [-0.05, 0) is 448 Å². The highest BCUT2D eigenvalue weighted by atomic mass is 16.4. The maximum Gasteiger partial charge on any atom is 0.309 e. The number of carbonyl (C=O) groups is 5. The lowest BCUT2D eigenvalue weighted by atomic mass is 9.86. The van der Waals surface area contributed by atoms with Crippen molar-refractivity contribution < 1.29 is 69.9 Å². The van der Waals surface area contributed by atoms with Crippen LogP contribution in [-0.2, 0) is 88.2 Å². The molecule has 0 radical (unpaired) electrons. The van der Waals surface area contributed by atoms with Crippen molar-refractivity contribution in [3.05, 3.63) is 149 Å². The Labute approximate surface area is 883 Å². The molecule has 5 aromatic rings. The lowest BCUT2D eigenvalue weighted by Crippen LogP contribution is -2.14. The highest BCUT2D eigenvalue weighted by Gasteiger charge is 2.53. The molecule has 12 rings (SSSR count). The molecule has 9 N–H and O–H groups in total. The highest BCUT2D eigenvalue weighted by molar-refractivity contribution is 5.79. The zero-order chi connectivity index (χ0) is 105. The quantitative estimate of drug-likeness (QED) is 0.00996. The van der Waals surface area contributed by atoms with Crippen molar-refractivity contribution >= 4 is 29.8 Å². The van der Waals surface area contributed by atoms with Crippen LogP contribution in [-0.4, -0.2) is 75.8 Å². The molecule has 7 aliphatic carbocycles. The van der Waals surface area contributed by atoms with E-state index in [2.05, 4.69) is 161 Å². The van der Waals surface area contributed by atoms with E-state index in [0.717, 1.165) is 210 Å². The molecule has 145 heavy (non-hydrogen) atoms. The molecule has 0 bridgehead atoms. The highest BCUT2D eigenvalue weighted by Crippen LogP contribution is 2.56. The number of phenols is 4. The number of rotatable bonds is 64. The Hall–Kier alpha value is -7.35. The van der Waals surface area contributed by atoms with E-state index in [1.54, 1.807) is 28.3 Å². The number of hydrogen-bond acceptors (Lipinski definition) is 9. The molecule has 5 aromatic carbocycles. The van der Waals surface area contributed by atoms with Gasteiger partial charge in [0.05, 0.1) is 27.1 Å². The first-order valence-electron chi connectivity index (χ1n) is 58.0. The second-order valence-electron chi connectivity index (χ2n) is 51.6. The maximum absolute atomic E-state index is 11.3. The minimum absolute atomic E-state index is 0. The number of phenolic OH excluding ortho intramolecular Hbond substituents is 4. The summed E-state index contributed by atoms with van der Waals surface area (Å²) in [5.41, 5.74) is 24.2. The molecule has 0 amide bonds. The molecule has 0 unspecified atom stereocenters. The van der Waals surface area contributed by atoms with Gasteiger partial charge in [-0.1, -0.05) is 275 Å². The Morgan fingerprint density at radius 2 is 0.490 bits per heavy atom. The van der Waals surface area contributed by atoms with E-state index in [9.17, 15) is 69.9 Å². The molecule has 14 heteroatoms. The minimum Gasteiger partial charge on any atom is -0.508 e. The van der Waals surface area contributed by atoms with Crippen LogP contribution < -0.4 is 0 Å². The van der Waals surface area contributed by atoms with Crippen molar-refractivity contribution in [2.45, 2.75) is 563 Å². The Bertz CT molecular complexity index is 4530. The zero-order valence-electron chi connectivity index (χ0n) is 93.9. The predicted molar refractivity (Wildman–Crippen MR) is 606 cm³/mol. The summed E-state index contributed by atoms with van der Waals surface area (Å²) in [6.07, 6.45) is 72.6. The summed E-state index contributed by atoms with van der Waals surface area (Å²) in [6, 6.07) is 18.6. The Balaban J connectivity index is 0.000000277. The monoisotopic (exact) mass is 2010 g/mol. The van der Waals surface area contributed by atoms with E-state index >= 15 is 0 Å². The fourth-order valence-corrected chi connectivity index (χ4v) is 22.7. The van der Waals surface area contributed by atoms with Crippen LogP contribution >= 0.6 is 0 Å². The van der Waals surface area contributed by atoms with Crippen LogP contribution in [0.15, 0.2) is 54.6 Å². The van der Waals surface area contributed by atoms with E-state index in [1.165, 1.54) is 274 Å². The summed E-state index contributed by atoms with van der Waals surface area (Å²) in [5.74, 6) is -2.88. The molecule has 0 atom stereocenters. The average molecular weight is 2010 g/mol. The molecular formula is C131H212O14. The van der Waals surface area contributed by atoms with Crippen LogP contribution in [0.4, 0.5) is 0 Å². The number of hydrogen-bond donors (Lipinski definition) is 9. The number of carboxylic acids is 5. The largest absolute Gasteiger partial charge is 0.508 e. The summed E-state index contributed by atoms with van der Waals surface area (Å²) >= 11 is 0. The van der Waals surface area contributed by atoms with Crippen molar-refractivity contribution in [1.29, 1.82) is 0 Å². The lowest BCUT2D eigenvalue weighted by Gasteiger charge is -2.19. The van der Waals surface area contributed by atoms with Crippen molar-refractivity contribution in [3.8, 4) is 23.0 Å². The van der Waals surface area contributed by atoms with Crippen molar-refractivity contribution in [2.24, 2.45) is 54.1 Å². The fourth-order valence-electron chi connectivity index (χ4n) is 22.7. The molecule has 0 spiro atoms. The van der Waals surface area contributed by atoms with Crippen molar-refractivity contribution in [1.82, 2.24) is 0 Å². The Morgan fingerprint density at radius 3 is 0.800 bits per heavy atom. The number of unbranched alkanes of at least 4 members (excludes halogenated alkanes) is 22. The second kappa shape index (κ2) is 59.5. The molecule has 820 valence electrons. The van der Waals surface area contributed by atoms with Gasteiger partial charge < -0.3 is 46.0 Å². The fraction of sp³-hybridized carbons (Fsp3) is 0.733. The molecule has 0 aromatic heterocycles. The lowest BCUT2D eigenvalue weighted by molar-refractivity contribution is -0.144. The molecule has 0 saturated heterocycles. The van der Waals surface area contributed by atoms with Gasteiger partial charge in [0, 0.05) is 17.2 Å². The number of aliphatic carboxylic acids is 5.